The number of rotatable bonds is 3. The van der Waals surface area contributed by atoms with Crippen LogP contribution >= 0.6 is 0 Å². The third-order valence-electron chi connectivity index (χ3n) is 13.1. The fourth-order valence-electron chi connectivity index (χ4n) is 11.0. The molecule has 1 aliphatic heterocycles. The van der Waals surface area contributed by atoms with Crippen LogP contribution in [0.3, 0.4) is 0 Å². The molecule has 192 valence electrons. The Labute approximate surface area is 207 Å². The van der Waals surface area contributed by atoms with Crippen molar-refractivity contribution in [3.63, 3.8) is 0 Å². The number of ether oxygens (including phenoxy) is 1. The SMILES string of the molecule is CC(C)(O)[C@@H]1CC[C@](C)([C@H]2CC[C@]3(C)[C@@H]2CC[C@@H]2[C@@]4(C)[C@H](C=O)C(=O)C(C)(C)[C@@H]4CC[C@]23C)O1. The van der Waals surface area contributed by atoms with E-state index in [-0.39, 0.29) is 33.7 Å². The lowest BCUT2D eigenvalue weighted by molar-refractivity contribution is -0.195. The lowest BCUT2D eigenvalue weighted by Gasteiger charge is -2.66. The van der Waals surface area contributed by atoms with Crippen LogP contribution in [-0.2, 0) is 14.3 Å². The molecule has 5 fully saturated rings. The minimum absolute atomic E-state index is 0.0919. The highest BCUT2D eigenvalue weighted by Gasteiger charge is 2.73. The van der Waals surface area contributed by atoms with Crippen LogP contribution in [0.2, 0.25) is 0 Å². The van der Waals surface area contributed by atoms with Gasteiger partial charge < -0.3 is 14.6 Å². The predicted molar refractivity (Wildman–Crippen MR) is 133 cm³/mol. The first-order valence-electron chi connectivity index (χ1n) is 14.0. The van der Waals surface area contributed by atoms with Crippen molar-refractivity contribution in [2.75, 3.05) is 0 Å². The molecule has 0 amide bonds. The molecule has 4 heteroatoms. The molecule has 34 heavy (non-hydrogen) atoms. The van der Waals surface area contributed by atoms with Gasteiger partial charge in [-0.2, -0.15) is 0 Å². The van der Waals surface area contributed by atoms with Crippen molar-refractivity contribution < 1.29 is 19.4 Å². The van der Waals surface area contributed by atoms with Gasteiger partial charge in [-0.05, 0) is 112 Å². The number of aldehydes is 1. The zero-order chi connectivity index (χ0) is 25.1. The van der Waals surface area contributed by atoms with Crippen LogP contribution in [0, 0.1) is 51.2 Å². The molecule has 0 unspecified atom stereocenters. The molecule has 0 bridgehead atoms. The van der Waals surface area contributed by atoms with E-state index in [1.165, 1.54) is 12.8 Å². The topological polar surface area (TPSA) is 63.6 Å². The van der Waals surface area contributed by atoms with Crippen molar-refractivity contribution in [1.29, 1.82) is 0 Å². The summed E-state index contributed by atoms with van der Waals surface area (Å²) in [6.07, 6.45) is 9.72. The number of carbonyl (C=O) groups is 2. The highest BCUT2D eigenvalue weighted by atomic mass is 16.5. The third-order valence-corrected chi connectivity index (χ3v) is 13.1. The van der Waals surface area contributed by atoms with Crippen molar-refractivity contribution in [3.8, 4) is 0 Å². The third kappa shape index (κ3) is 2.85. The minimum Gasteiger partial charge on any atom is -0.388 e. The highest BCUT2D eigenvalue weighted by molar-refractivity contribution is 6.00. The molecule has 4 nitrogen and oxygen atoms in total. The van der Waals surface area contributed by atoms with Crippen molar-refractivity contribution in [1.82, 2.24) is 0 Å². The molecule has 0 aromatic carbocycles. The Hall–Kier alpha value is -0.740. The summed E-state index contributed by atoms with van der Waals surface area (Å²) in [7, 11) is 0. The Balaban J connectivity index is 1.49. The molecule has 1 N–H and O–H groups in total. The van der Waals surface area contributed by atoms with E-state index in [0.29, 0.717) is 23.7 Å². The minimum atomic E-state index is -0.804. The zero-order valence-electron chi connectivity index (χ0n) is 22.9. The zero-order valence-corrected chi connectivity index (χ0v) is 22.9. The van der Waals surface area contributed by atoms with Gasteiger partial charge >= 0.3 is 0 Å². The molecule has 4 saturated carbocycles. The van der Waals surface area contributed by atoms with E-state index in [4.69, 9.17) is 4.74 Å². The molecule has 0 radical (unpaired) electrons. The number of carbonyl (C=O) groups excluding carboxylic acids is 2. The lowest BCUT2D eigenvalue weighted by atomic mass is 9.38. The number of hydrogen-bond acceptors (Lipinski definition) is 4. The Kier molecular flexibility index (Phi) is 5.27. The van der Waals surface area contributed by atoms with E-state index in [1.54, 1.807) is 0 Å². The lowest BCUT2D eigenvalue weighted by Crippen LogP contribution is -2.61. The second-order valence-electron chi connectivity index (χ2n) is 15.0. The summed E-state index contributed by atoms with van der Waals surface area (Å²) in [5.74, 6) is 1.52. The summed E-state index contributed by atoms with van der Waals surface area (Å²) >= 11 is 0. The average Bonchev–Trinajstić information content (AvgIpc) is 3.34. The normalized spacial score (nSPS) is 54.4. The molecular weight excluding hydrogens is 424 g/mol. The van der Waals surface area contributed by atoms with Gasteiger partial charge in [0.15, 0.2) is 0 Å². The highest BCUT2D eigenvalue weighted by Crippen LogP contribution is 2.77. The Bertz CT molecular complexity index is 887. The monoisotopic (exact) mass is 472 g/mol. The summed E-state index contributed by atoms with van der Waals surface area (Å²) in [5.41, 5.74) is -1.30. The van der Waals surface area contributed by atoms with Crippen LogP contribution in [0.4, 0.5) is 0 Å². The number of Topliss-reactive ketones (excluding diaryl/α,β-unsaturated/α-hetero) is 1. The maximum atomic E-state index is 13.4. The van der Waals surface area contributed by atoms with Crippen LogP contribution < -0.4 is 0 Å². The van der Waals surface area contributed by atoms with E-state index in [9.17, 15) is 14.7 Å². The van der Waals surface area contributed by atoms with Gasteiger partial charge in [-0.25, -0.2) is 0 Å². The second kappa shape index (κ2) is 7.18. The fraction of sp³-hybridized carbons (Fsp3) is 0.933. The maximum Gasteiger partial charge on any atom is 0.149 e. The first kappa shape index (κ1) is 24.9. The largest absolute Gasteiger partial charge is 0.388 e. The predicted octanol–water partition coefficient (Wildman–Crippen LogP) is 5.98. The van der Waals surface area contributed by atoms with Gasteiger partial charge in [0.05, 0.1) is 23.2 Å². The molecule has 1 saturated heterocycles. The average molecular weight is 473 g/mol. The van der Waals surface area contributed by atoms with Crippen LogP contribution in [0.15, 0.2) is 0 Å². The van der Waals surface area contributed by atoms with E-state index in [0.717, 1.165) is 44.8 Å². The Morgan fingerprint density at radius 2 is 1.50 bits per heavy atom. The molecule has 1 heterocycles. The van der Waals surface area contributed by atoms with E-state index in [1.807, 2.05) is 13.8 Å². The summed E-state index contributed by atoms with van der Waals surface area (Å²) < 4.78 is 6.68. The van der Waals surface area contributed by atoms with Gasteiger partial charge in [0, 0.05) is 5.41 Å². The molecule has 5 aliphatic rings. The first-order valence-corrected chi connectivity index (χ1v) is 14.0. The number of hydrogen-bond donors (Lipinski definition) is 1. The molecule has 4 aliphatic carbocycles. The van der Waals surface area contributed by atoms with E-state index in [2.05, 4.69) is 41.5 Å². The van der Waals surface area contributed by atoms with Crippen molar-refractivity contribution in [2.24, 2.45) is 51.2 Å². The van der Waals surface area contributed by atoms with Gasteiger partial charge in [-0.1, -0.05) is 34.6 Å². The molecular formula is C30H48O4. The van der Waals surface area contributed by atoms with Gasteiger partial charge in [0.1, 0.15) is 12.1 Å². The number of fused-ring (bicyclic) bond motifs is 5. The van der Waals surface area contributed by atoms with Gasteiger partial charge in [0.2, 0.25) is 0 Å². The van der Waals surface area contributed by atoms with Gasteiger partial charge in [-0.15, -0.1) is 0 Å². The van der Waals surface area contributed by atoms with Crippen LogP contribution in [0.25, 0.3) is 0 Å². The van der Waals surface area contributed by atoms with Crippen LogP contribution in [-0.4, -0.2) is 34.5 Å². The van der Waals surface area contributed by atoms with E-state index >= 15 is 0 Å². The molecule has 0 aromatic heterocycles. The molecule has 0 spiro atoms. The van der Waals surface area contributed by atoms with Gasteiger partial charge in [0.25, 0.3) is 0 Å². The van der Waals surface area contributed by atoms with Crippen molar-refractivity contribution in [3.05, 3.63) is 0 Å². The number of aliphatic hydroxyl groups is 1. The van der Waals surface area contributed by atoms with Crippen molar-refractivity contribution >= 4 is 12.1 Å². The molecule has 0 aromatic rings. The van der Waals surface area contributed by atoms with E-state index < -0.39 is 16.9 Å². The molecule has 10 atom stereocenters. The van der Waals surface area contributed by atoms with Crippen LogP contribution in [0.1, 0.15) is 107 Å². The summed E-state index contributed by atoms with van der Waals surface area (Å²) in [5, 5.41) is 10.6. The first-order chi connectivity index (χ1) is 15.6. The summed E-state index contributed by atoms with van der Waals surface area (Å²) in [6.45, 7) is 17.6. The number of ketones is 1. The summed E-state index contributed by atoms with van der Waals surface area (Å²) in [6, 6.07) is 0. The molecule has 5 rings (SSSR count). The standard InChI is InChI=1S/C30H48O4/c1-25(2)21-12-15-28(6)22(30(21,8)20(17-31)24(25)32)10-9-18-19(11-14-27(18,28)5)29(7)16-13-23(34-29)26(3,4)33/h17-23,33H,9-16H2,1-8H3/t18-,19+,20-,21+,22+,23+,27-,28-,29-,30+/m1/s1. The summed E-state index contributed by atoms with van der Waals surface area (Å²) in [4.78, 5) is 25.8. The smallest absolute Gasteiger partial charge is 0.149 e. The fourth-order valence-corrected chi connectivity index (χ4v) is 11.0. The quantitative estimate of drug-likeness (QED) is 0.405. The van der Waals surface area contributed by atoms with Gasteiger partial charge in [-0.3, -0.25) is 4.79 Å². The Morgan fingerprint density at radius 1 is 0.853 bits per heavy atom. The second-order valence-corrected chi connectivity index (χ2v) is 15.0. The Morgan fingerprint density at radius 3 is 2.09 bits per heavy atom. The van der Waals surface area contributed by atoms with Crippen molar-refractivity contribution in [2.45, 2.75) is 124 Å². The van der Waals surface area contributed by atoms with Crippen LogP contribution in [0.5, 0.6) is 0 Å². The maximum absolute atomic E-state index is 13.4.